The molecular formula is C66H43NSSi. The normalized spacial score (nSPS) is 14.4. The predicted octanol–water partition coefficient (Wildman–Crippen LogP) is 15.1. The summed E-state index contributed by atoms with van der Waals surface area (Å²) in [7, 11) is -3.02. The molecule has 14 rings (SSSR count). The zero-order valence-electron chi connectivity index (χ0n) is 37.7. The van der Waals surface area contributed by atoms with E-state index in [4.69, 9.17) is 0 Å². The van der Waals surface area contributed by atoms with Crippen LogP contribution in [0.5, 0.6) is 0 Å². The Kier molecular flexibility index (Phi) is 9.23. The number of nitrogens with zero attached hydrogens (tertiary/aromatic N) is 1. The molecule has 0 spiro atoms. The molecule has 3 heteroatoms. The summed E-state index contributed by atoms with van der Waals surface area (Å²) in [4.78, 5) is 2.68. The molecule has 1 aliphatic rings. The third-order valence-electron chi connectivity index (χ3n) is 14.7. The van der Waals surface area contributed by atoms with Crippen LogP contribution in [-0.4, -0.2) is 12.6 Å². The fourth-order valence-corrected chi connectivity index (χ4v) is 18.7. The van der Waals surface area contributed by atoms with Gasteiger partial charge in [0.1, 0.15) is 0 Å². The second-order valence-electron chi connectivity index (χ2n) is 18.4. The number of para-hydroxylation sites is 2. The highest BCUT2D eigenvalue weighted by Crippen LogP contribution is 2.44. The molecular weight excluding hydrogens is 867 g/mol. The fraction of sp³-hybridized carbons (Fsp3) is 0. The average molecular weight is 910 g/mol. The van der Waals surface area contributed by atoms with Gasteiger partial charge in [-0.3, -0.25) is 0 Å². The van der Waals surface area contributed by atoms with Crippen LogP contribution in [0.25, 0.3) is 93.2 Å². The van der Waals surface area contributed by atoms with Gasteiger partial charge in [-0.25, -0.2) is 0 Å². The van der Waals surface area contributed by atoms with Crippen LogP contribution in [0.15, 0.2) is 271 Å². The summed E-state index contributed by atoms with van der Waals surface area (Å²) in [6, 6.07) is 98.0. The zero-order chi connectivity index (χ0) is 45.5. The minimum atomic E-state index is -3.02. The number of benzene rings is 12. The van der Waals surface area contributed by atoms with Gasteiger partial charge >= 0.3 is 0 Å². The summed E-state index contributed by atoms with van der Waals surface area (Å²) >= 11 is 1.95. The minimum Gasteiger partial charge on any atom is -0.309 e. The second kappa shape index (κ2) is 16.0. The molecule has 0 saturated heterocycles. The third-order valence-corrected chi connectivity index (χ3v) is 21.1. The predicted molar refractivity (Wildman–Crippen MR) is 297 cm³/mol. The fourth-order valence-electron chi connectivity index (χ4n) is 11.6. The Balaban J connectivity index is 0.991. The standard InChI is InChI=1S/C66H43NSSi/c1-2-16-44(17-3-1)47-32-33-49-42-53(39-36-48(49)40-47)69(52-37-34-45(35-38-52)46-19-14-20-51(41-46)67-61-27-10-8-24-57(61)58-25-9-11-28-62(58)67)64-30-13-12-29-63(64)68-66-59(26-15-31-65(66)69)60-43-50-18-4-5-21-54(50)55-22-6-7-23-56(55)60/h1-43H. The van der Waals surface area contributed by atoms with Gasteiger partial charge in [-0.05, 0) is 129 Å². The molecule has 0 saturated carbocycles. The number of hydrogen-bond donors (Lipinski definition) is 0. The van der Waals surface area contributed by atoms with E-state index in [1.54, 1.807) is 0 Å². The Hall–Kier alpha value is -8.21. The molecule has 1 aromatic heterocycles. The van der Waals surface area contributed by atoms with Crippen LogP contribution in [0.2, 0.25) is 0 Å². The van der Waals surface area contributed by atoms with Gasteiger partial charge in [0.2, 0.25) is 0 Å². The van der Waals surface area contributed by atoms with Crippen LogP contribution in [0.3, 0.4) is 0 Å². The van der Waals surface area contributed by atoms with Crippen molar-refractivity contribution in [3.05, 3.63) is 261 Å². The van der Waals surface area contributed by atoms with Crippen molar-refractivity contribution in [1.29, 1.82) is 0 Å². The number of fused-ring (bicyclic) bond motifs is 9. The molecule has 1 unspecified atom stereocenters. The molecule has 0 N–H and O–H groups in total. The molecule has 322 valence electrons. The maximum atomic E-state index is 2.52. The van der Waals surface area contributed by atoms with E-state index in [0.29, 0.717) is 0 Å². The van der Waals surface area contributed by atoms with E-state index in [1.807, 2.05) is 11.8 Å². The van der Waals surface area contributed by atoms with Crippen molar-refractivity contribution in [1.82, 2.24) is 4.57 Å². The quantitative estimate of drug-likeness (QED) is 0.119. The smallest absolute Gasteiger partial charge is 0.181 e. The lowest BCUT2D eigenvalue weighted by atomic mass is 9.93. The second-order valence-corrected chi connectivity index (χ2v) is 23.1. The molecule has 0 bridgehead atoms. The van der Waals surface area contributed by atoms with Crippen LogP contribution in [0, 0.1) is 0 Å². The Morgan fingerprint density at radius 2 is 0.870 bits per heavy atom. The van der Waals surface area contributed by atoms with E-state index < -0.39 is 8.07 Å². The summed E-state index contributed by atoms with van der Waals surface area (Å²) in [6.45, 7) is 0. The van der Waals surface area contributed by atoms with Gasteiger partial charge in [-0.15, -0.1) is 0 Å². The van der Waals surface area contributed by atoms with Crippen molar-refractivity contribution in [3.63, 3.8) is 0 Å². The van der Waals surface area contributed by atoms with E-state index in [-0.39, 0.29) is 0 Å². The lowest BCUT2D eigenvalue weighted by molar-refractivity contribution is 1.18. The summed E-state index contributed by atoms with van der Waals surface area (Å²) in [6.07, 6.45) is 0. The first-order chi connectivity index (χ1) is 34.2. The lowest BCUT2D eigenvalue weighted by Gasteiger charge is -2.40. The molecule has 69 heavy (non-hydrogen) atoms. The average Bonchev–Trinajstić information content (AvgIpc) is 3.76. The molecule has 0 radical (unpaired) electrons. The van der Waals surface area contributed by atoms with Crippen molar-refractivity contribution in [2.75, 3.05) is 0 Å². The molecule has 1 atom stereocenters. The summed E-state index contributed by atoms with van der Waals surface area (Å²) in [5, 5.41) is 15.8. The first-order valence-electron chi connectivity index (χ1n) is 23.8. The van der Waals surface area contributed by atoms with Gasteiger partial charge in [0, 0.05) is 26.3 Å². The maximum absolute atomic E-state index is 3.02. The van der Waals surface area contributed by atoms with Crippen molar-refractivity contribution in [3.8, 4) is 39.1 Å². The molecule has 0 aliphatic carbocycles. The van der Waals surface area contributed by atoms with Gasteiger partial charge < -0.3 is 4.57 Å². The molecule has 1 aliphatic heterocycles. The van der Waals surface area contributed by atoms with Crippen molar-refractivity contribution in [2.45, 2.75) is 9.79 Å². The van der Waals surface area contributed by atoms with E-state index in [0.717, 1.165) is 5.69 Å². The third kappa shape index (κ3) is 6.25. The summed E-state index contributed by atoms with van der Waals surface area (Å²) in [5.74, 6) is 0. The SMILES string of the molecule is c1ccc(-c2ccc3cc([Si]4(c5ccc(-c6cccc(-n7c8ccccc8c8ccccc87)c6)cc5)c5ccccc5Sc5c(-c6cc7ccccc7c7ccccc67)cccc54)ccc3c2)cc1. The number of aromatic nitrogens is 1. The highest BCUT2D eigenvalue weighted by atomic mass is 32.2. The highest BCUT2D eigenvalue weighted by molar-refractivity contribution is 8.00. The Labute approximate surface area is 406 Å². The van der Waals surface area contributed by atoms with Gasteiger partial charge in [-0.1, -0.05) is 230 Å². The molecule has 0 amide bonds. The van der Waals surface area contributed by atoms with Crippen LogP contribution in [0.1, 0.15) is 0 Å². The lowest BCUT2D eigenvalue weighted by Crippen LogP contribution is -2.76. The molecule has 13 aromatic rings. The first-order valence-corrected chi connectivity index (χ1v) is 26.6. The van der Waals surface area contributed by atoms with Gasteiger partial charge in [0.15, 0.2) is 8.07 Å². The Bertz CT molecular complexity index is 4120. The largest absolute Gasteiger partial charge is 0.309 e. The summed E-state index contributed by atoms with van der Waals surface area (Å²) < 4.78 is 2.41. The maximum Gasteiger partial charge on any atom is 0.181 e. The van der Waals surface area contributed by atoms with Crippen molar-refractivity contribution >= 4 is 94.7 Å². The van der Waals surface area contributed by atoms with Crippen molar-refractivity contribution in [2.24, 2.45) is 0 Å². The minimum absolute atomic E-state index is 1.16. The highest BCUT2D eigenvalue weighted by Gasteiger charge is 2.47. The van der Waals surface area contributed by atoms with Crippen LogP contribution >= 0.6 is 11.8 Å². The van der Waals surface area contributed by atoms with Gasteiger partial charge in [0.25, 0.3) is 0 Å². The van der Waals surface area contributed by atoms with E-state index >= 15 is 0 Å². The van der Waals surface area contributed by atoms with Gasteiger partial charge in [-0.2, -0.15) is 0 Å². The molecule has 1 nitrogen and oxygen atoms in total. The summed E-state index contributed by atoms with van der Waals surface area (Å²) in [5.41, 5.74) is 11.0. The first kappa shape index (κ1) is 39.9. The molecule has 2 heterocycles. The molecule has 12 aromatic carbocycles. The van der Waals surface area contributed by atoms with Crippen LogP contribution < -0.4 is 20.7 Å². The van der Waals surface area contributed by atoms with Crippen molar-refractivity contribution < 1.29 is 0 Å². The van der Waals surface area contributed by atoms with E-state index in [1.165, 1.54) is 118 Å². The van der Waals surface area contributed by atoms with E-state index in [9.17, 15) is 0 Å². The zero-order valence-corrected chi connectivity index (χ0v) is 39.5. The number of hydrogen-bond acceptors (Lipinski definition) is 1. The number of rotatable bonds is 6. The van der Waals surface area contributed by atoms with Crippen LogP contribution in [0.4, 0.5) is 0 Å². The van der Waals surface area contributed by atoms with Gasteiger partial charge in [0.05, 0.1) is 11.0 Å². The Morgan fingerprint density at radius 1 is 0.304 bits per heavy atom. The monoisotopic (exact) mass is 909 g/mol. The van der Waals surface area contributed by atoms with E-state index in [2.05, 4.69) is 265 Å². The Morgan fingerprint density at radius 3 is 1.68 bits per heavy atom. The molecule has 0 fully saturated rings. The van der Waals surface area contributed by atoms with Crippen LogP contribution in [-0.2, 0) is 0 Å². The topological polar surface area (TPSA) is 4.93 Å².